The van der Waals surface area contributed by atoms with Gasteiger partial charge in [0.15, 0.2) is 0 Å². The van der Waals surface area contributed by atoms with Crippen molar-refractivity contribution in [3.63, 3.8) is 0 Å². The Morgan fingerprint density at radius 1 is 1.43 bits per heavy atom. The van der Waals surface area contributed by atoms with Crippen LogP contribution in [0.4, 0.5) is 4.39 Å². The molecule has 1 aromatic carbocycles. The largest absolute Gasteiger partial charge is 0.310 e. The lowest BCUT2D eigenvalue weighted by atomic mass is 10.2. The van der Waals surface area contributed by atoms with Gasteiger partial charge in [0.1, 0.15) is 5.82 Å². The molecule has 0 bridgehead atoms. The number of halogens is 1. The van der Waals surface area contributed by atoms with Crippen molar-refractivity contribution in [3.05, 3.63) is 29.6 Å². The highest BCUT2D eigenvalue weighted by Crippen LogP contribution is 2.39. The molecule has 0 unspecified atom stereocenters. The molecular weight excluding hydrogens is 289 g/mol. The van der Waals surface area contributed by atoms with Gasteiger partial charge in [0.25, 0.3) is 0 Å². The average molecular weight is 307 g/mol. The number of rotatable bonds is 6. The third-order valence-electron chi connectivity index (χ3n) is 3.30. The number of benzene rings is 1. The Labute approximate surface area is 127 Å². The van der Waals surface area contributed by atoms with Gasteiger partial charge in [-0.05, 0) is 46.7 Å². The first-order chi connectivity index (χ1) is 10.1. The summed E-state index contributed by atoms with van der Waals surface area (Å²) in [6.07, 6.45) is 2.19. The van der Waals surface area contributed by atoms with E-state index in [2.05, 4.69) is 34.7 Å². The van der Waals surface area contributed by atoms with Crippen LogP contribution in [0.5, 0.6) is 0 Å². The van der Waals surface area contributed by atoms with Crippen molar-refractivity contribution >= 4 is 11.8 Å². The molecule has 0 saturated heterocycles. The molecule has 1 aromatic heterocycles. The van der Waals surface area contributed by atoms with Crippen molar-refractivity contribution in [3.8, 4) is 0 Å². The monoisotopic (exact) mass is 307 g/mol. The third-order valence-corrected chi connectivity index (χ3v) is 4.41. The molecule has 7 heteroatoms. The fourth-order valence-electron chi connectivity index (χ4n) is 2.01. The minimum absolute atomic E-state index is 0.228. The van der Waals surface area contributed by atoms with E-state index in [0.717, 1.165) is 18.4 Å². The van der Waals surface area contributed by atoms with Crippen LogP contribution < -0.4 is 5.32 Å². The second kappa shape index (κ2) is 6.11. The van der Waals surface area contributed by atoms with Gasteiger partial charge in [0, 0.05) is 12.6 Å². The minimum Gasteiger partial charge on any atom is -0.310 e. The summed E-state index contributed by atoms with van der Waals surface area (Å²) in [7, 11) is 0. The molecule has 1 aliphatic carbocycles. The molecule has 21 heavy (non-hydrogen) atoms. The van der Waals surface area contributed by atoms with Gasteiger partial charge >= 0.3 is 0 Å². The molecule has 1 fully saturated rings. The quantitative estimate of drug-likeness (QED) is 0.889. The van der Waals surface area contributed by atoms with Gasteiger partial charge in [-0.2, -0.15) is 0 Å². The molecular formula is C14H18FN5S. The lowest BCUT2D eigenvalue weighted by molar-refractivity contribution is 0.557. The molecule has 5 nitrogen and oxygen atoms in total. The predicted octanol–water partition coefficient (Wildman–Crippen LogP) is 2.80. The fraction of sp³-hybridized carbons (Fsp3) is 0.500. The highest BCUT2D eigenvalue weighted by molar-refractivity contribution is 7.99. The zero-order valence-corrected chi connectivity index (χ0v) is 12.9. The van der Waals surface area contributed by atoms with E-state index in [1.54, 1.807) is 10.7 Å². The Morgan fingerprint density at radius 2 is 2.24 bits per heavy atom. The van der Waals surface area contributed by atoms with Gasteiger partial charge in [0.2, 0.25) is 5.16 Å². The Hall–Kier alpha value is -1.47. The van der Waals surface area contributed by atoms with Crippen molar-refractivity contribution in [2.45, 2.75) is 55.4 Å². The predicted molar refractivity (Wildman–Crippen MR) is 78.6 cm³/mol. The van der Waals surface area contributed by atoms with Crippen molar-refractivity contribution < 1.29 is 4.39 Å². The molecule has 0 aliphatic heterocycles. The fourth-order valence-corrected chi connectivity index (χ4v) is 2.99. The number of nitrogens with zero attached hydrogens (tertiary/aromatic N) is 4. The summed E-state index contributed by atoms with van der Waals surface area (Å²) in [5, 5.41) is 15.7. The Balaban J connectivity index is 1.84. The smallest absolute Gasteiger partial charge is 0.214 e. The number of aromatic nitrogens is 4. The van der Waals surface area contributed by atoms with Crippen LogP contribution >= 0.6 is 11.8 Å². The topological polar surface area (TPSA) is 55.6 Å². The molecule has 1 aliphatic rings. The van der Waals surface area contributed by atoms with Crippen molar-refractivity contribution in [1.29, 1.82) is 0 Å². The van der Waals surface area contributed by atoms with E-state index >= 15 is 0 Å². The normalized spacial score (nSPS) is 14.9. The summed E-state index contributed by atoms with van der Waals surface area (Å²) in [6.45, 7) is 4.77. The molecule has 1 saturated carbocycles. The van der Waals surface area contributed by atoms with Crippen LogP contribution in [0.25, 0.3) is 0 Å². The molecule has 3 rings (SSSR count). The van der Waals surface area contributed by atoms with Crippen LogP contribution in [0.15, 0.2) is 28.3 Å². The number of nitrogens with one attached hydrogen (secondary N) is 1. The SMILES string of the molecule is CC(C)NCc1cccc(F)c1Sc1nnnn1C1CC1. The van der Waals surface area contributed by atoms with Gasteiger partial charge in [-0.1, -0.05) is 26.0 Å². The molecule has 1 N–H and O–H groups in total. The van der Waals surface area contributed by atoms with Crippen molar-refractivity contribution in [2.24, 2.45) is 0 Å². The van der Waals surface area contributed by atoms with E-state index in [-0.39, 0.29) is 5.82 Å². The van der Waals surface area contributed by atoms with Crippen molar-refractivity contribution in [2.75, 3.05) is 0 Å². The van der Waals surface area contributed by atoms with Crippen LogP contribution in [-0.4, -0.2) is 26.2 Å². The maximum absolute atomic E-state index is 14.2. The summed E-state index contributed by atoms with van der Waals surface area (Å²) in [5.74, 6) is -0.228. The van der Waals surface area contributed by atoms with E-state index in [4.69, 9.17) is 0 Å². The minimum atomic E-state index is -0.228. The lowest BCUT2D eigenvalue weighted by Gasteiger charge is -2.12. The van der Waals surface area contributed by atoms with Crippen LogP contribution in [0.2, 0.25) is 0 Å². The number of tetrazole rings is 1. The Kier molecular flexibility index (Phi) is 4.21. The zero-order valence-electron chi connectivity index (χ0n) is 12.1. The Morgan fingerprint density at radius 3 is 2.95 bits per heavy atom. The molecule has 1 heterocycles. The van der Waals surface area contributed by atoms with Gasteiger partial charge in [0.05, 0.1) is 10.9 Å². The molecule has 0 radical (unpaired) electrons. The molecule has 112 valence electrons. The van der Waals surface area contributed by atoms with E-state index in [1.807, 2.05) is 6.07 Å². The van der Waals surface area contributed by atoms with E-state index in [1.165, 1.54) is 17.8 Å². The second-order valence-electron chi connectivity index (χ2n) is 5.50. The summed E-state index contributed by atoms with van der Waals surface area (Å²) in [5.41, 5.74) is 0.930. The van der Waals surface area contributed by atoms with Gasteiger partial charge < -0.3 is 5.32 Å². The highest BCUT2D eigenvalue weighted by atomic mass is 32.2. The zero-order chi connectivity index (χ0) is 14.8. The first-order valence-electron chi connectivity index (χ1n) is 7.11. The Bertz CT molecular complexity index is 624. The highest BCUT2D eigenvalue weighted by Gasteiger charge is 2.28. The summed E-state index contributed by atoms with van der Waals surface area (Å²) in [4.78, 5) is 0.599. The number of hydrogen-bond donors (Lipinski definition) is 1. The first kappa shape index (κ1) is 14.5. The van der Waals surface area contributed by atoms with Gasteiger partial charge in [-0.3, -0.25) is 0 Å². The third kappa shape index (κ3) is 3.41. The average Bonchev–Trinajstić information content (AvgIpc) is 3.19. The molecule has 0 amide bonds. The maximum Gasteiger partial charge on any atom is 0.214 e. The molecule has 0 spiro atoms. The maximum atomic E-state index is 14.2. The van der Waals surface area contributed by atoms with E-state index in [0.29, 0.717) is 28.7 Å². The molecule has 0 atom stereocenters. The lowest BCUT2D eigenvalue weighted by Crippen LogP contribution is -2.22. The standard InChI is InChI=1S/C14H18FN5S/c1-9(2)16-8-10-4-3-5-12(15)13(10)21-14-17-18-19-20(14)11-6-7-11/h3-5,9,11,16H,6-8H2,1-2H3. The van der Waals surface area contributed by atoms with Gasteiger partial charge in [-0.25, -0.2) is 9.07 Å². The van der Waals surface area contributed by atoms with Crippen molar-refractivity contribution in [1.82, 2.24) is 25.5 Å². The van der Waals surface area contributed by atoms with Crippen LogP contribution in [0, 0.1) is 5.82 Å². The summed E-state index contributed by atoms with van der Waals surface area (Å²) >= 11 is 1.31. The van der Waals surface area contributed by atoms with Crippen LogP contribution in [0.3, 0.4) is 0 Å². The van der Waals surface area contributed by atoms with E-state index < -0.39 is 0 Å². The van der Waals surface area contributed by atoms with Crippen LogP contribution in [-0.2, 0) is 6.54 Å². The first-order valence-corrected chi connectivity index (χ1v) is 7.93. The second-order valence-corrected chi connectivity index (χ2v) is 6.48. The molecule has 2 aromatic rings. The number of hydrogen-bond acceptors (Lipinski definition) is 5. The van der Waals surface area contributed by atoms with Gasteiger partial charge in [-0.15, -0.1) is 5.10 Å². The van der Waals surface area contributed by atoms with Crippen LogP contribution in [0.1, 0.15) is 38.3 Å². The summed E-state index contributed by atoms with van der Waals surface area (Å²) < 4.78 is 16.0. The summed E-state index contributed by atoms with van der Waals surface area (Å²) in [6, 6.07) is 5.88. The van der Waals surface area contributed by atoms with E-state index in [9.17, 15) is 4.39 Å².